The molecule has 1 aromatic carbocycles. The third-order valence-corrected chi connectivity index (χ3v) is 3.59. The van der Waals surface area contributed by atoms with Crippen molar-refractivity contribution in [3.05, 3.63) is 27.7 Å². The Hall–Kier alpha value is -0.0900. The zero-order valence-corrected chi connectivity index (χ0v) is 13.1. The van der Waals surface area contributed by atoms with Gasteiger partial charge in [0.1, 0.15) is 5.75 Å². The van der Waals surface area contributed by atoms with Gasteiger partial charge in [0.05, 0.1) is 11.6 Å². The quantitative estimate of drug-likeness (QED) is 0.726. The lowest BCUT2D eigenvalue weighted by Gasteiger charge is -2.14. The van der Waals surface area contributed by atoms with Crippen molar-refractivity contribution in [1.82, 2.24) is 5.32 Å². The van der Waals surface area contributed by atoms with E-state index in [-0.39, 0.29) is 0 Å². The monoisotopic (exact) mass is 307 g/mol. The molecule has 5 heteroatoms. The van der Waals surface area contributed by atoms with Crippen LogP contribution in [0, 0.1) is 0 Å². The number of halogens is 2. The number of benzene rings is 1. The minimum Gasteiger partial charge on any atom is -0.492 e. The average molecular weight is 308 g/mol. The van der Waals surface area contributed by atoms with Gasteiger partial charge in [-0.2, -0.15) is 11.8 Å². The number of hydrogen-bond donors (Lipinski definition) is 1. The minimum absolute atomic E-state index is 0.583. The average Bonchev–Trinajstić information content (AvgIpc) is 2.34. The van der Waals surface area contributed by atoms with E-state index >= 15 is 0 Å². The van der Waals surface area contributed by atoms with Crippen LogP contribution in [0.1, 0.15) is 18.9 Å². The van der Waals surface area contributed by atoms with Crippen LogP contribution in [-0.4, -0.2) is 25.2 Å². The molecule has 0 aliphatic carbocycles. The van der Waals surface area contributed by atoms with Gasteiger partial charge in [-0.25, -0.2) is 0 Å². The second kappa shape index (κ2) is 8.92. The fourth-order valence-corrected chi connectivity index (χ4v) is 2.54. The summed E-state index contributed by atoms with van der Waals surface area (Å²) in [5, 5.41) is 4.49. The standard InChI is InChI=1S/C13H19Cl2NOS/c1-3-16-9-10-7-11(14)8-12(15)13(10)17-5-4-6-18-2/h7-8,16H,3-6,9H2,1-2H3. The van der Waals surface area contributed by atoms with Crippen molar-refractivity contribution in [3.63, 3.8) is 0 Å². The molecule has 18 heavy (non-hydrogen) atoms. The lowest BCUT2D eigenvalue weighted by Crippen LogP contribution is -2.13. The van der Waals surface area contributed by atoms with Gasteiger partial charge in [0.2, 0.25) is 0 Å². The van der Waals surface area contributed by atoms with Crippen LogP contribution in [0.25, 0.3) is 0 Å². The summed E-state index contributed by atoms with van der Waals surface area (Å²) in [5.41, 5.74) is 1.01. The third-order valence-electron chi connectivity index (χ3n) is 2.39. The van der Waals surface area contributed by atoms with Gasteiger partial charge in [0.25, 0.3) is 0 Å². The van der Waals surface area contributed by atoms with Gasteiger partial charge in [-0.05, 0) is 37.1 Å². The number of nitrogens with one attached hydrogen (secondary N) is 1. The molecule has 102 valence electrons. The van der Waals surface area contributed by atoms with Crippen molar-refractivity contribution >= 4 is 35.0 Å². The van der Waals surface area contributed by atoms with Crippen LogP contribution in [0.2, 0.25) is 10.0 Å². The van der Waals surface area contributed by atoms with Crippen LogP contribution >= 0.6 is 35.0 Å². The lowest BCUT2D eigenvalue weighted by molar-refractivity contribution is 0.315. The highest BCUT2D eigenvalue weighted by atomic mass is 35.5. The maximum absolute atomic E-state index is 6.18. The van der Waals surface area contributed by atoms with Crippen LogP contribution in [0.4, 0.5) is 0 Å². The summed E-state index contributed by atoms with van der Waals surface area (Å²) in [6.45, 7) is 4.36. The van der Waals surface area contributed by atoms with Gasteiger partial charge < -0.3 is 10.1 Å². The maximum atomic E-state index is 6.18. The molecule has 1 N–H and O–H groups in total. The van der Waals surface area contributed by atoms with Crippen LogP contribution < -0.4 is 10.1 Å². The van der Waals surface area contributed by atoms with E-state index in [1.807, 2.05) is 17.8 Å². The first kappa shape index (κ1) is 16.0. The first-order valence-corrected chi connectivity index (χ1v) is 8.14. The molecule has 0 radical (unpaired) electrons. The summed E-state index contributed by atoms with van der Waals surface area (Å²) >= 11 is 14.0. The van der Waals surface area contributed by atoms with E-state index in [0.29, 0.717) is 23.2 Å². The van der Waals surface area contributed by atoms with E-state index < -0.39 is 0 Å². The summed E-state index contributed by atoms with van der Waals surface area (Å²) in [6, 6.07) is 3.63. The second-order valence-corrected chi connectivity index (χ2v) is 5.68. The molecule has 0 heterocycles. The summed E-state index contributed by atoms with van der Waals surface area (Å²) in [4.78, 5) is 0. The molecule has 0 aliphatic rings. The van der Waals surface area contributed by atoms with Crippen molar-refractivity contribution in [1.29, 1.82) is 0 Å². The molecular formula is C13H19Cl2NOS. The van der Waals surface area contributed by atoms with Crippen LogP contribution in [0.15, 0.2) is 12.1 Å². The molecule has 0 fully saturated rings. The molecular weight excluding hydrogens is 289 g/mol. The molecule has 0 atom stereocenters. The van der Waals surface area contributed by atoms with Crippen molar-refractivity contribution < 1.29 is 4.74 Å². The smallest absolute Gasteiger partial charge is 0.142 e. The topological polar surface area (TPSA) is 21.3 Å². The second-order valence-electron chi connectivity index (χ2n) is 3.85. The van der Waals surface area contributed by atoms with E-state index in [2.05, 4.69) is 18.5 Å². The Balaban J connectivity index is 2.72. The van der Waals surface area contributed by atoms with E-state index in [0.717, 1.165) is 30.0 Å². The number of thioether (sulfide) groups is 1. The van der Waals surface area contributed by atoms with Gasteiger partial charge in [0.15, 0.2) is 0 Å². The summed E-state index contributed by atoms with van der Waals surface area (Å²) in [5.74, 6) is 1.84. The van der Waals surface area contributed by atoms with Crippen LogP contribution in [-0.2, 0) is 6.54 Å². The Morgan fingerprint density at radius 3 is 2.78 bits per heavy atom. The van der Waals surface area contributed by atoms with Gasteiger partial charge in [-0.3, -0.25) is 0 Å². The van der Waals surface area contributed by atoms with E-state index in [1.54, 1.807) is 6.07 Å². The van der Waals surface area contributed by atoms with Crippen LogP contribution in [0.5, 0.6) is 5.75 Å². The molecule has 2 nitrogen and oxygen atoms in total. The SMILES string of the molecule is CCNCc1cc(Cl)cc(Cl)c1OCCCSC. The van der Waals surface area contributed by atoms with Crippen molar-refractivity contribution in [2.24, 2.45) is 0 Å². The molecule has 0 spiro atoms. The predicted octanol–water partition coefficient (Wildman–Crippen LogP) is 4.23. The Bertz CT molecular complexity index is 374. The van der Waals surface area contributed by atoms with Crippen molar-refractivity contribution in [3.8, 4) is 5.75 Å². The fourth-order valence-electron chi connectivity index (χ4n) is 1.54. The summed E-state index contributed by atoms with van der Waals surface area (Å²) < 4.78 is 5.78. The highest BCUT2D eigenvalue weighted by Gasteiger charge is 2.10. The maximum Gasteiger partial charge on any atom is 0.142 e. The Morgan fingerprint density at radius 1 is 1.33 bits per heavy atom. The number of rotatable bonds is 8. The zero-order valence-electron chi connectivity index (χ0n) is 10.8. The molecule has 0 bridgehead atoms. The zero-order chi connectivity index (χ0) is 13.4. The third kappa shape index (κ3) is 5.27. The molecule has 1 aromatic rings. The molecule has 0 amide bonds. The van der Waals surface area contributed by atoms with Gasteiger partial charge in [0, 0.05) is 17.1 Å². The molecule has 0 aliphatic heterocycles. The van der Waals surface area contributed by atoms with E-state index in [1.165, 1.54) is 0 Å². The fraction of sp³-hybridized carbons (Fsp3) is 0.538. The molecule has 0 saturated heterocycles. The minimum atomic E-state index is 0.583. The van der Waals surface area contributed by atoms with Gasteiger partial charge in [-0.1, -0.05) is 30.1 Å². The Morgan fingerprint density at radius 2 is 2.11 bits per heavy atom. The lowest BCUT2D eigenvalue weighted by atomic mass is 10.2. The van der Waals surface area contributed by atoms with Gasteiger partial charge in [-0.15, -0.1) is 0 Å². The first-order valence-electron chi connectivity index (χ1n) is 5.99. The Kier molecular flexibility index (Phi) is 7.91. The number of ether oxygens (including phenoxy) is 1. The van der Waals surface area contributed by atoms with E-state index in [9.17, 15) is 0 Å². The highest BCUT2D eigenvalue weighted by molar-refractivity contribution is 7.98. The number of hydrogen-bond acceptors (Lipinski definition) is 3. The largest absolute Gasteiger partial charge is 0.492 e. The first-order chi connectivity index (χ1) is 8.69. The van der Waals surface area contributed by atoms with Crippen molar-refractivity contribution in [2.45, 2.75) is 19.9 Å². The molecule has 0 unspecified atom stereocenters. The molecule has 0 saturated carbocycles. The predicted molar refractivity (Wildman–Crippen MR) is 82.3 cm³/mol. The van der Waals surface area contributed by atoms with E-state index in [4.69, 9.17) is 27.9 Å². The van der Waals surface area contributed by atoms with Crippen molar-refractivity contribution in [2.75, 3.05) is 25.2 Å². The van der Waals surface area contributed by atoms with Crippen LogP contribution in [0.3, 0.4) is 0 Å². The Labute approximate surface area is 123 Å². The summed E-state index contributed by atoms with van der Waals surface area (Å²) in [7, 11) is 0. The summed E-state index contributed by atoms with van der Waals surface area (Å²) in [6.07, 6.45) is 3.10. The normalized spacial score (nSPS) is 10.7. The molecule has 0 aromatic heterocycles. The van der Waals surface area contributed by atoms with Gasteiger partial charge >= 0.3 is 0 Å². The highest BCUT2D eigenvalue weighted by Crippen LogP contribution is 2.32. The molecule has 1 rings (SSSR count).